The minimum Gasteiger partial charge on any atom is -0.352 e. The van der Waals surface area contributed by atoms with Gasteiger partial charge in [0.15, 0.2) is 0 Å². The van der Waals surface area contributed by atoms with E-state index < -0.39 is 0 Å². The number of aromatic amines is 1. The average Bonchev–Trinajstić information content (AvgIpc) is 3.18. The lowest BCUT2D eigenvalue weighted by atomic mass is 9.86. The first-order chi connectivity index (χ1) is 13.9. The summed E-state index contributed by atoms with van der Waals surface area (Å²) in [4.78, 5) is 14.7. The fraction of sp³-hybridized carbons (Fsp3) is 0.565. The van der Waals surface area contributed by atoms with E-state index in [9.17, 15) is 9.18 Å². The van der Waals surface area contributed by atoms with Crippen molar-refractivity contribution >= 4 is 5.91 Å². The van der Waals surface area contributed by atoms with Gasteiger partial charge in [-0.15, -0.1) is 0 Å². The number of benzene rings is 1. The van der Waals surface area contributed by atoms with E-state index in [1.165, 1.54) is 31.4 Å². The lowest BCUT2D eigenvalue weighted by Crippen LogP contribution is -2.49. The maximum atomic E-state index is 13.1. The van der Waals surface area contributed by atoms with Gasteiger partial charge in [0, 0.05) is 17.3 Å². The molecule has 1 heterocycles. The molecule has 5 nitrogen and oxygen atoms in total. The van der Waals surface area contributed by atoms with Crippen LogP contribution in [0.3, 0.4) is 0 Å². The van der Waals surface area contributed by atoms with Crippen LogP contribution in [0, 0.1) is 11.7 Å². The average molecular weight is 401 g/mol. The SMILES string of the molecule is CC1CCCCC1NC(=O)C(C)N(C)CCCc1cc(-c2ccc(F)cc2)n[nH]1. The van der Waals surface area contributed by atoms with E-state index in [4.69, 9.17) is 0 Å². The van der Waals surface area contributed by atoms with Gasteiger partial charge in [0.2, 0.25) is 5.91 Å². The molecule has 1 fully saturated rings. The minimum atomic E-state index is -0.247. The molecule has 1 aromatic carbocycles. The zero-order chi connectivity index (χ0) is 20.8. The molecule has 3 rings (SSSR count). The van der Waals surface area contributed by atoms with Gasteiger partial charge in [-0.25, -0.2) is 4.39 Å². The number of hydrogen-bond acceptors (Lipinski definition) is 3. The van der Waals surface area contributed by atoms with Crippen molar-refractivity contribution in [3.05, 3.63) is 41.8 Å². The highest BCUT2D eigenvalue weighted by molar-refractivity contribution is 5.81. The highest BCUT2D eigenvalue weighted by Gasteiger charge is 2.26. The molecule has 29 heavy (non-hydrogen) atoms. The summed E-state index contributed by atoms with van der Waals surface area (Å²) in [7, 11) is 2.01. The Bertz CT molecular complexity index is 788. The van der Waals surface area contributed by atoms with Crippen molar-refractivity contribution < 1.29 is 9.18 Å². The summed E-state index contributed by atoms with van der Waals surface area (Å²) in [6.07, 6.45) is 6.58. The van der Waals surface area contributed by atoms with E-state index >= 15 is 0 Å². The number of amides is 1. The van der Waals surface area contributed by atoms with Crippen molar-refractivity contribution in [3.8, 4) is 11.3 Å². The molecule has 3 unspecified atom stereocenters. The van der Waals surface area contributed by atoms with Gasteiger partial charge >= 0.3 is 0 Å². The van der Waals surface area contributed by atoms with Crippen LogP contribution in [0.5, 0.6) is 0 Å². The fourth-order valence-corrected chi connectivity index (χ4v) is 4.00. The molecule has 0 bridgehead atoms. The Kier molecular flexibility index (Phi) is 7.42. The predicted octanol–water partition coefficient (Wildman–Crippen LogP) is 4.16. The molecular formula is C23H33FN4O. The third kappa shape index (κ3) is 5.89. The molecule has 1 aliphatic rings. The van der Waals surface area contributed by atoms with Crippen LogP contribution in [0.4, 0.5) is 4.39 Å². The topological polar surface area (TPSA) is 61.0 Å². The van der Waals surface area contributed by atoms with Gasteiger partial charge in [0.05, 0.1) is 11.7 Å². The first kappa shape index (κ1) is 21.5. The van der Waals surface area contributed by atoms with Gasteiger partial charge in [0.25, 0.3) is 0 Å². The molecule has 6 heteroatoms. The second-order valence-electron chi connectivity index (χ2n) is 8.42. The highest BCUT2D eigenvalue weighted by atomic mass is 19.1. The summed E-state index contributed by atoms with van der Waals surface area (Å²) >= 11 is 0. The minimum absolute atomic E-state index is 0.131. The van der Waals surface area contributed by atoms with Crippen molar-refractivity contribution in [1.29, 1.82) is 0 Å². The molecule has 0 saturated heterocycles. The first-order valence-corrected chi connectivity index (χ1v) is 10.7. The van der Waals surface area contributed by atoms with Crippen LogP contribution in [0.25, 0.3) is 11.3 Å². The molecule has 2 N–H and O–H groups in total. The lowest BCUT2D eigenvalue weighted by Gasteiger charge is -2.32. The molecule has 0 radical (unpaired) electrons. The first-order valence-electron chi connectivity index (χ1n) is 10.7. The van der Waals surface area contributed by atoms with Crippen molar-refractivity contribution in [2.75, 3.05) is 13.6 Å². The molecule has 0 spiro atoms. The normalized spacial score (nSPS) is 20.6. The van der Waals surface area contributed by atoms with E-state index in [0.29, 0.717) is 12.0 Å². The molecule has 1 aromatic heterocycles. The number of nitrogens with one attached hydrogen (secondary N) is 2. The smallest absolute Gasteiger partial charge is 0.237 e. The van der Waals surface area contributed by atoms with Gasteiger partial charge < -0.3 is 5.32 Å². The third-order valence-electron chi connectivity index (χ3n) is 6.21. The Balaban J connectivity index is 1.43. The monoisotopic (exact) mass is 400 g/mol. The maximum absolute atomic E-state index is 13.1. The molecule has 1 amide bonds. The second kappa shape index (κ2) is 10.0. The summed E-state index contributed by atoms with van der Waals surface area (Å²) in [6, 6.07) is 8.54. The summed E-state index contributed by atoms with van der Waals surface area (Å²) < 4.78 is 13.1. The second-order valence-corrected chi connectivity index (χ2v) is 8.42. The maximum Gasteiger partial charge on any atom is 0.237 e. The zero-order valence-electron chi connectivity index (χ0n) is 17.7. The summed E-state index contributed by atoms with van der Waals surface area (Å²) in [5, 5.41) is 10.6. The summed E-state index contributed by atoms with van der Waals surface area (Å²) in [5.41, 5.74) is 2.77. The summed E-state index contributed by atoms with van der Waals surface area (Å²) in [5.74, 6) is 0.455. The van der Waals surface area contributed by atoms with Crippen LogP contribution in [0.15, 0.2) is 30.3 Å². The van der Waals surface area contributed by atoms with Gasteiger partial charge in [-0.1, -0.05) is 19.8 Å². The third-order valence-corrected chi connectivity index (χ3v) is 6.21. The quantitative estimate of drug-likeness (QED) is 0.699. The number of nitrogens with zero attached hydrogens (tertiary/aromatic N) is 2. The van der Waals surface area contributed by atoms with Crippen LogP contribution in [-0.4, -0.2) is 46.7 Å². The fourth-order valence-electron chi connectivity index (χ4n) is 4.00. The number of halogens is 1. The largest absolute Gasteiger partial charge is 0.352 e. The Morgan fingerprint density at radius 1 is 1.31 bits per heavy atom. The Hall–Kier alpha value is -2.21. The van der Waals surface area contributed by atoms with Crippen LogP contribution in [0.1, 0.15) is 51.6 Å². The number of aromatic nitrogens is 2. The molecule has 0 aliphatic heterocycles. The van der Waals surface area contributed by atoms with Crippen LogP contribution >= 0.6 is 0 Å². The number of likely N-dealkylation sites (N-methyl/N-ethyl adjacent to an activating group) is 1. The van der Waals surface area contributed by atoms with E-state index in [2.05, 4.69) is 27.3 Å². The number of H-pyrrole nitrogens is 1. The molecular weight excluding hydrogens is 367 g/mol. The van der Waals surface area contributed by atoms with E-state index in [1.54, 1.807) is 12.1 Å². The van der Waals surface area contributed by atoms with Crippen LogP contribution in [-0.2, 0) is 11.2 Å². The van der Waals surface area contributed by atoms with Gasteiger partial charge in [-0.05, 0) is 82.4 Å². The highest BCUT2D eigenvalue weighted by Crippen LogP contribution is 2.24. The molecule has 1 saturated carbocycles. The van der Waals surface area contributed by atoms with Crippen LogP contribution in [0.2, 0.25) is 0 Å². The lowest BCUT2D eigenvalue weighted by molar-refractivity contribution is -0.126. The van der Waals surface area contributed by atoms with E-state index in [-0.39, 0.29) is 17.8 Å². The number of hydrogen-bond donors (Lipinski definition) is 2. The van der Waals surface area contributed by atoms with Crippen molar-refractivity contribution in [3.63, 3.8) is 0 Å². The van der Waals surface area contributed by atoms with E-state index in [1.807, 2.05) is 20.0 Å². The molecule has 2 aromatic rings. The zero-order valence-corrected chi connectivity index (χ0v) is 17.7. The number of aryl methyl sites for hydroxylation is 1. The molecule has 1 aliphatic carbocycles. The summed E-state index contributed by atoms with van der Waals surface area (Å²) in [6.45, 7) is 5.05. The van der Waals surface area contributed by atoms with Gasteiger partial charge in [-0.3, -0.25) is 14.8 Å². The Morgan fingerprint density at radius 2 is 2.03 bits per heavy atom. The number of rotatable bonds is 8. The van der Waals surface area contributed by atoms with Gasteiger partial charge in [-0.2, -0.15) is 5.10 Å². The number of carbonyl (C=O) groups is 1. The van der Waals surface area contributed by atoms with Crippen molar-refractivity contribution in [2.24, 2.45) is 5.92 Å². The molecule has 3 atom stereocenters. The predicted molar refractivity (Wildman–Crippen MR) is 114 cm³/mol. The van der Waals surface area contributed by atoms with Crippen molar-refractivity contribution in [1.82, 2.24) is 20.4 Å². The van der Waals surface area contributed by atoms with Crippen LogP contribution < -0.4 is 5.32 Å². The van der Waals surface area contributed by atoms with E-state index in [0.717, 1.165) is 42.8 Å². The van der Waals surface area contributed by atoms with Gasteiger partial charge in [0.1, 0.15) is 5.82 Å². The molecule has 158 valence electrons. The number of carbonyl (C=O) groups excluding carboxylic acids is 1. The standard InChI is InChI=1S/C23H33FN4O/c1-16-7-4-5-9-21(16)25-23(29)17(2)28(3)14-6-8-20-15-22(27-26-20)18-10-12-19(24)13-11-18/h10-13,15-17,21H,4-9,14H2,1-3H3,(H,25,29)(H,26,27). The Labute approximate surface area is 173 Å². The van der Waals surface area contributed by atoms with Crippen molar-refractivity contribution in [2.45, 2.75) is 64.5 Å². The Morgan fingerprint density at radius 3 is 2.76 bits per heavy atom.